The van der Waals surface area contributed by atoms with Crippen molar-refractivity contribution in [3.05, 3.63) is 63.9 Å². The maximum atomic E-state index is 12.7. The predicted octanol–water partition coefficient (Wildman–Crippen LogP) is 4.49. The average molecular weight is 422 g/mol. The van der Waals surface area contributed by atoms with Gasteiger partial charge in [0.05, 0.1) is 4.88 Å². The smallest absolute Gasteiger partial charge is 0.265 e. The van der Waals surface area contributed by atoms with Gasteiger partial charge < -0.3 is 15.5 Å². The molecule has 1 saturated heterocycles. The standard InChI is InChI=1S/C24H27N3O2S/c1-16(28)17-3-5-18(6-4-17)22-11-12-23(30-22)24(29)26-19-7-9-21(10-8-19)27-14-13-20(15-27)25-2/h3,5,7-12,20,25H,4,6,13-15H2,1-2H3,(H,26,29). The number of benzene rings is 1. The number of allylic oxidation sites excluding steroid dienone is 4. The van der Waals surface area contributed by atoms with E-state index in [1.165, 1.54) is 22.6 Å². The van der Waals surface area contributed by atoms with E-state index in [0.29, 0.717) is 10.9 Å². The van der Waals surface area contributed by atoms with Gasteiger partial charge in [-0.3, -0.25) is 9.59 Å². The molecule has 2 N–H and O–H groups in total. The second kappa shape index (κ2) is 8.98. The van der Waals surface area contributed by atoms with E-state index in [1.54, 1.807) is 6.92 Å². The molecule has 1 atom stereocenters. The molecular weight excluding hydrogens is 394 g/mol. The van der Waals surface area contributed by atoms with Crippen LogP contribution in [0.2, 0.25) is 0 Å². The quantitative estimate of drug-likeness (QED) is 0.721. The molecule has 0 saturated carbocycles. The van der Waals surface area contributed by atoms with Crippen LogP contribution >= 0.6 is 11.3 Å². The summed E-state index contributed by atoms with van der Waals surface area (Å²) >= 11 is 1.49. The molecular formula is C24H27N3O2S. The minimum Gasteiger partial charge on any atom is -0.370 e. The first-order valence-electron chi connectivity index (χ1n) is 10.4. The highest BCUT2D eigenvalue weighted by molar-refractivity contribution is 7.15. The number of thiophene rings is 1. The number of rotatable bonds is 6. The fourth-order valence-electron chi connectivity index (χ4n) is 3.95. The molecule has 4 rings (SSSR count). The number of nitrogens with one attached hydrogen (secondary N) is 2. The number of Topliss-reactive ketones (excluding diaryl/α,β-unsaturated/α-hetero) is 1. The van der Waals surface area contributed by atoms with E-state index in [4.69, 9.17) is 0 Å². The molecule has 1 fully saturated rings. The van der Waals surface area contributed by atoms with Crippen LogP contribution in [0, 0.1) is 0 Å². The minimum atomic E-state index is -0.0909. The Morgan fingerprint density at radius 1 is 1.07 bits per heavy atom. The fourth-order valence-corrected chi connectivity index (χ4v) is 4.90. The first-order valence-corrected chi connectivity index (χ1v) is 11.2. The normalized spacial score (nSPS) is 18.7. The number of likely N-dealkylation sites (N-methyl/N-ethyl adjacent to an activating group) is 1. The Morgan fingerprint density at radius 2 is 1.87 bits per heavy atom. The Kier molecular flexibility index (Phi) is 6.16. The first-order chi connectivity index (χ1) is 14.5. The van der Waals surface area contributed by atoms with Crippen LogP contribution < -0.4 is 15.5 Å². The van der Waals surface area contributed by atoms with Crippen molar-refractivity contribution in [3.63, 3.8) is 0 Å². The monoisotopic (exact) mass is 421 g/mol. The van der Waals surface area contributed by atoms with Crippen molar-refractivity contribution in [3.8, 4) is 0 Å². The Bertz CT molecular complexity index is 1000. The SMILES string of the molecule is CNC1CCN(c2ccc(NC(=O)c3ccc(C4=CC=C(C(C)=O)CC4)s3)cc2)C1. The molecule has 156 valence electrons. The lowest BCUT2D eigenvalue weighted by molar-refractivity contribution is -0.113. The van der Waals surface area contributed by atoms with Crippen LogP contribution in [0.3, 0.4) is 0 Å². The van der Waals surface area contributed by atoms with Gasteiger partial charge in [0.25, 0.3) is 5.91 Å². The van der Waals surface area contributed by atoms with Crippen LogP contribution in [0.25, 0.3) is 5.57 Å². The van der Waals surface area contributed by atoms with Gasteiger partial charge in [0.2, 0.25) is 0 Å². The van der Waals surface area contributed by atoms with E-state index in [0.717, 1.165) is 48.5 Å². The maximum absolute atomic E-state index is 12.7. The number of carbonyl (C=O) groups is 2. The van der Waals surface area contributed by atoms with Crippen LogP contribution in [0.15, 0.2) is 54.1 Å². The van der Waals surface area contributed by atoms with Crippen molar-refractivity contribution in [2.45, 2.75) is 32.2 Å². The Labute approximate surface area is 181 Å². The molecule has 2 aliphatic rings. The summed E-state index contributed by atoms with van der Waals surface area (Å²) in [5.41, 5.74) is 4.03. The third-order valence-electron chi connectivity index (χ3n) is 5.83. The Morgan fingerprint density at radius 3 is 2.50 bits per heavy atom. The molecule has 1 aromatic carbocycles. The maximum Gasteiger partial charge on any atom is 0.265 e. The van der Waals surface area contributed by atoms with Crippen molar-refractivity contribution in [2.75, 3.05) is 30.4 Å². The summed E-state index contributed by atoms with van der Waals surface area (Å²) in [6.45, 7) is 3.67. The van der Waals surface area contributed by atoms with E-state index in [9.17, 15) is 9.59 Å². The van der Waals surface area contributed by atoms with Crippen LogP contribution in [0.1, 0.15) is 40.7 Å². The van der Waals surface area contributed by atoms with E-state index in [1.807, 2.05) is 43.5 Å². The van der Waals surface area contributed by atoms with Gasteiger partial charge in [-0.05, 0) is 80.8 Å². The predicted molar refractivity (Wildman–Crippen MR) is 124 cm³/mol. The molecule has 5 nitrogen and oxygen atoms in total. The van der Waals surface area contributed by atoms with Crippen LogP contribution in [-0.2, 0) is 4.79 Å². The lowest BCUT2D eigenvalue weighted by atomic mass is 9.95. The lowest BCUT2D eigenvalue weighted by Gasteiger charge is -2.19. The zero-order valence-electron chi connectivity index (χ0n) is 17.4. The lowest BCUT2D eigenvalue weighted by Crippen LogP contribution is -2.29. The number of carbonyl (C=O) groups excluding carboxylic acids is 2. The fraction of sp³-hybridized carbons (Fsp3) is 0.333. The Hall–Kier alpha value is -2.70. The topological polar surface area (TPSA) is 61.4 Å². The van der Waals surface area contributed by atoms with Crippen molar-refractivity contribution in [1.82, 2.24) is 5.32 Å². The summed E-state index contributed by atoms with van der Waals surface area (Å²) in [6.07, 6.45) is 6.65. The first kappa shape index (κ1) is 20.6. The molecule has 1 aromatic heterocycles. The summed E-state index contributed by atoms with van der Waals surface area (Å²) in [7, 11) is 2.01. The number of hydrogen-bond acceptors (Lipinski definition) is 5. The molecule has 0 bridgehead atoms. The molecule has 1 aliphatic heterocycles. The Balaban J connectivity index is 1.38. The van der Waals surface area contributed by atoms with E-state index in [2.05, 4.69) is 27.7 Å². The van der Waals surface area contributed by atoms with Crippen molar-refractivity contribution < 1.29 is 9.59 Å². The molecule has 1 unspecified atom stereocenters. The molecule has 1 amide bonds. The third kappa shape index (κ3) is 4.55. The summed E-state index contributed by atoms with van der Waals surface area (Å²) < 4.78 is 0. The molecule has 2 aromatic rings. The largest absolute Gasteiger partial charge is 0.370 e. The number of ketones is 1. The zero-order valence-corrected chi connectivity index (χ0v) is 18.2. The van der Waals surface area contributed by atoms with Crippen LogP contribution in [-0.4, -0.2) is 37.9 Å². The molecule has 2 heterocycles. The molecule has 1 aliphatic carbocycles. The van der Waals surface area contributed by atoms with E-state index < -0.39 is 0 Å². The number of anilines is 2. The molecule has 30 heavy (non-hydrogen) atoms. The van der Waals surface area contributed by atoms with E-state index >= 15 is 0 Å². The number of hydrogen-bond donors (Lipinski definition) is 2. The molecule has 0 radical (unpaired) electrons. The summed E-state index contributed by atoms with van der Waals surface area (Å²) in [4.78, 5) is 28.3. The van der Waals surface area contributed by atoms with Gasteiger partial charge in [-0.25, -0.2) is 0 Å². The van der Waals surface area contributed by atoms with Gasteiger partial charge in [0.15, 0.2) is 5.78 Å². The van der Waals surface area contributed by atoms with Crippen LogP contribution in [0.5, 0.6) is 0 Å². The van der Waals surface area contributed by atoms with Gasteiger partial charge in [0.1, 0.15) is 0 Å². The number of nitrogens with zero attached hydrogens (tertiary/aromatic N) is 1. The molecule has 6 heteroatoms. The number of amides is 1. The summed E-state index contributed by atoms with van der Waals surface area (Å²) in [6, 6.07) is 12.5. The van der Waals surface area contributed by atoms with Gasteiger partial charge in [-0.15, -0.1) is 11.3 Å². The van der Waals surface area contributed by atoms with Crippen molar-refractivity contribution in [1.29, 1.82) is 0 Å². The van der Waals surface area contributed by atoms with Gasteiger partial charge in [0, 0.05) is 35.4 Å². The van der Waals surface area contributed by atoms with Crippen LogP contribution in [0.4, 0.5) is 11.4 Å². The molecule has 0 spiro atoms. The van der Waals surface area contributed by atoms with Crippen molar-refractivity contribution in [2.24, 2.45) is 0 Å². The van der Waals surface area contributed by atoms with Crippen molar-refractivity contribution >= 4 is 40.0 Å². The van der Waals surface area contributed by atoms with Gasteiger partial charge >= 0.3 is 0 Å². The third-order valence-corrected chi connectivity index (χ3v) is 6.99. The van der Waals surface area contributed by atoms with E-state index in [-0.39, 0.29) is 11.7 Å². The highest BCUT2D eigenvalue weighted by Crippen LogP contribution is 2.32. The second-order valence-electron chi connectivity index (χ2n) is 7.83. The summed E-state index contributed by atoms with van der Waals surface area (Å²) in [5, 5.41) is 6.33. The van der Waals surface area contributed by atoms with Gasteiger partial charge in [-0.1, -0.05) is 12.2 Å². The zero-order chi connectivity index (χ0) is 21.1. The highest BCUT2D eigenvalue weighted by Gasteiger charge is 2.21. The summed E-state index contributed by atoms with van der Waals surface area (Å²) in [5.74, 6) is 0.0425. The average Bonchev–Trinajstić information content (AvgIpc) is 3.44. The second-order valence-corrected chi connectivity index (χ2v) is 8.91. The highest BCUT2D eigenvalue weighted by atomic mass is 32.1. The minimum absolute atomic E-state index is 0.0909. The van der Waals surface area contributed by atoms with Gasteiger partial charge in [-0.2, -0.15) is 0 Å².